The zero-order valence-corrected chi connectivity index (χ0v) is 18.2. The number of amides is 2. The lowest BCUT2D eigenvalue weighted by molar-refractivity contribution is -0.133. The molecule has 0 atom stereocenters. The van der Waals surface area contributed by atoms with Crippen LogP contribution in [-0.4, -0.2) is 56.3 Å². The van der Waals surface area contributed by atoms with Gasteiger partial charge in [0.1, 0.15) is 18.1 Å². The second kappa shape index (κ2) is 9.29. The van der Waals surface area contributed by atoms with E-state index in [0.29, 0.717) is 24.1 Å². The molecule has 7 heteroatoms. The molecule has 0 N–H and O–H groups in total. The predicted octanol–water partition coefficient (Wildman–Crippen LogP) is 3.49. The first-order valence-electron chi connectivity index (χ1n) is 10.9. The number of likely N-dealkylation sites (N-methyl/N-ethyl adjacent to an activating group) is 1. The van der Waals surface area contributed by atoms with Gasteiger partial charge in [-0.3, -0.25) is 14.6 Å². The molecule has 2 amide bonds. The van der Waals surface area contributed by atoms with Crippen molar-refractivity contribution in [3.63, 3.8) is 0 Å². The van der Waals surface area contributed by atoms with Gasteiger partial charge in [-0.15, -0.1) is 0 Å². The molecule has 0 radical (unpaired) electrons. The van der Waals surface area contributed by atoms with Crippen LogP contribution in [0.15, 0.2) is 48.7 Å². The Morgan fingerprint density at radius 2 is 1.77 bits per heavy atom. The van der Waals surface area contributed by atoms with E-state index >= 15 is 0 Å². The van der Waals surface area contributed by atoms with Crippen molar-refractivity contribution >= 4 is 22.8 Å². The van der Waals surface area contributed by atoms with Gasteiger partial charge in [-0.25, -0.2) is 4.98 Å². The summed E-state index contributed by atoms with van der Waals surface area (Å²) in [6, 6.07) is 13.4. The van der Waals surface area contributed by atoms with Gasteiger partial charge in [0.05, 0.1) is 17.6 Å². The number of carbonyl (C=O) groups excluding carboxylic acids is 2. The lowest BCUT2D eigenvalue weighted by Crippen LogP contribution is -2.40. The van der Waals surface area contributed by atoms with Gasteiger partial charge in [-0.1, -0.05) is 37.5 Å². The van der Waals surface area contributed by atoms with Crippen molar-refractivity contribution in [2.75, 3.05) is 14.1 Å². The maximum absolute atomic E-state index is 13.1. The first kappa shape index (κ1) is 21.0. The van der Waals surface area contributed by atoms with Gasteiger partial charge in [-0.2, -0.15) is 0 Å². The summed E-state index contributed by atoms with van der Waals surface area (Å²) in [7, 11) is 3.64. The van der Waals surface area contributed by atoms with Crippen LogP contribution in [-0.2, 0) is 17.9 Å². The van der Waals surface area contributed by atoms with Crippen molar-refractivity contribution in [1.29, 1.82) is 0 Å². The van der Waals surface area contributed by atoms with Gasteiger partial charge in [0, 0.05) is 26.3 Å². The number of fused-ring (bicyclic) bond motifs is 1. The molecule has 31 heavy (non-hydrogen) atoms. The highest BCUT2D eigenvalue weighted by molar-refractivity contribution is 5.92. The molecule has 1 aromatic carbocycles. The Kier molecular flexibility index (Phi) is 6.30. The molecule has 1 saturated carbocycles. The van der Waals surface area contributed by atoms with E-state index in [-0.39, 0.29) is 18.4 Å². The predicted molar refractivity (Wildman–Crippen MR) is 119 cm³/mol. The zero-order valence-electron chi connectivity index (χ0n) is 18.2. The maximum Gasteiger partial charge on any atom is 0.272 e. The largest absolute Gasteiger partial charge is 0.341 e. The van der Waals surface area contributed by atoms with Crippen molar-refractivity contribution in [2.45, 2.75) is 51.2 Å². The van der Waals surface area contributed by atoms with E-state index < -0.39 is 0 Å². The number of para-hydroxylation sites is 2. The third-order valence-corrected chi connectivity index (χ3v) is 6.15. The molecular weight excluding hydrogens is 390 g/mol. The fourth-order valence-corrected chi connectivity index (χ4v) is 4.31. The summed E-state index contributed by atoms with van der Waals surface area (Å²) < 4.78 is 1.94. The molecule has 0 saturated heterocycles. The number of imidazole rings is 1. The minimum atomic E-state index is -0.176. The molecule has 3 aromatic rings. The van der Waals surface area contributed by atoms with E-state index in [2.05, 4.69) is 4.98 Å². The minimum Gasteiger partial charge on any atom is -0.341 e. The van der Waals surface area contributed by atoms with E-state index in [1.165, 1.54) is 19.3 Å². The molecule has 4 rings (SSSR count). The summed E-state index contributed by atoms with van der Waals surface area (Å²) in [5.41, 5.74) is 2.12. The lowest BCUT2D eigenvalue weighted by Gasteiger charge is -2.31. The van der Waals surface area contributed by atoms with E-state index in [9.17, 15) is 9.59 Å². The number of hydrogen-bond acceptors (Lipinski definition) is 4. The second-order valence-electron chi connectivity index (χ2n) is 8.28. The molecule has 162 valence electrons. The van der Waals surface area contributed by atoms with Crippen LogP contribution in [0.1, 0.15) is 48.4 Å². The quantitative estimate of drug-likeness (QED) is 0.613. The van der Waals surface area contributed by atoms with Gasteiger partial charge in [0.15, 0.2) is 0 Å². The Morgan fingerprint density at radius 1 is 1.03 bits per heavy atom. The van der Waals surface area contributed by atoms with Crippen molar-refractivity contribution in [3.8, 4) is 0 Å². The highest BCUT2D eigenvalue weighted by Crippen LogP contribution is 2.23. The van der Waals surface area contributed by atoms with E-state index in [4.69, 9.17) is 4.98 Å². The topological polar surface area (TPSA) is 71.3 Å². The smallest absolute Gasteiger partial charge is 0.272 e. The minimum absolute atomic E-state index is 0.0787. The van der Waals surface area contributed by atoms with Crippen LogP contribution in [0.2, 0.25) is 0 Å². The first-order chi connectivity index (χ1) is 15.0. The Labute approximate surface area is 182 Å². The van der Waals surface area contributed by atoms with Gasteiger partial charge >= 0.3 is 0 Å². The summed E-state index contributed by atoms with van der Waals surface area (Å²) in [6.45, 7) is 0.513. The van der Waals surface area contributed by atoms with Crippen LogP contribution in [0.4, 0.5) is 0 Å². The Hall–Kier alpha value is -3.22. The first-order valence-corrected chi connectivity index (χ1v) is 10.9. The molecule has 2 aromatic heterocycles. The molecule has 0 aliphatic heterocycles. The van der Waals surface area contributed by atoms with Crippen LogP contribution in [0, 0.1) is 0 Å². The molecule has 0 spiro atoms. The van der Waals surface area contributed by atoms with E-state index in [0.717, 1.165) is 23.9 Å². The van der Waals surface area contributed by atoms with E-state index in [1.54, 1.807) is 36.3 Å². The summed E-state index contributed by atoms with van der Waals surface area (Å²) >= 11 is 0. The standard InChI is InChI=1S/C24H29N5O2/c1-27(24(31)20-13-8-9-15-25-20)16-22-26-19-12-6-7-14-21(19)29(22)17-23(30)28(2)18-10-4-3-5-11-18/h6-9,12-15,18H,3-5,10-11,16-17H2,1-2H3. The molecule has 0 bridgehead atoms. The van der Waals surface area contributed by atoms with Gasteiger partial charge in [0.25, 0.3) is 5.91 Å². The third kappa shape index (κ3) is 4.60. The zero-order chi connectivity index (χ0) is 21.8. The SMILES string of the molecule is CN(Cc1nc2ccccc2n1CC(=O)N(C)C1CCCCC1)C(=O)c1ccccn1. The molecule has 1 fully saturated rings. The molecule has 0 unspecified atom stereocenters. The van der Waals surface area contributed by atoms with Gasteiger partial charge < -0.3 is 14.4 Å². The number of benzene rings is 1. The van der Waals surface area contributed by atoms with Crippen molar-refractivity contribution in [2.24, 2.45) is 0 Å². The number of aromatic nitrogens is 3. The second-order valence-corrected chi connectivity index (χ2v) is 8.28. The molecule has 1 aliphatic carbocycles. The Balaban J connectivity index is 1.57. The third-order valence-electron chi connectivity index (χ3n) is 6.15. The van der Waals surface area contributed by atoms with Crippen molar-refractivity contribution in [1.82, 2.24) is 24.3 Å². The average Bonchev–Trinajstić information content (AvgIpc) is 3.15. The van der Waals surface area contributed by atoms with Crippen LogP contribution in [0.3, 0.4) is 0 Å². The Morgan fingerprint density at radius 3 is 2.52 bits per heavy atom. The summed E-state index contributed by atoms with van der Waals surface area (Å²) in [5.74, 6) is 0.596. The fraction of sp³-hybridized carbons (Fsp3) is 0.417. The van der Waals surface area contributed by atoms with Gasteiger partial charge in [0.2, 0.25) is 5.91 Å². The molecular formula is C24H29N5O2. The number of nitrogens with zero attached hydrogens (tertiary/aromatic N) is 5. The number of pyridine rings is 1. The van der Waals surface area contributed by atoms with E-state index in [1.807, 2.05) is 40.8 Å². The Bertz CT molecular complexity index is 1060. The average molecular weight is 420 g/mol. The summed E-state index contributed by atoms with van der Waals surface area (Å²) in [5, 5.41) is 0. The maximum atomic E-state index is 13.1. The van der Waals surface area contributed by atoms with Crippen LogP contribution >= 0.6 is 0 Å². The lowest BCUT2D eigenvalue weighted by atomic mass is 9.94. The number of carbonyl (C=O) groups is 2. The van der Waals surface area contributed by atoms with Crippen LogP contribution < -0.4 is 0 Å². The monoisotopic (exact) mass is 419 g/mol. The summed E-state index contributed by atoms with van der Waals surface area (Å²) in [6.07, 6.45) is 7.37. The fourth-order valence-electron chi connectivity index (χ4n) is 4.31. The number of hydrogen-bond donors (Lipinski definition) is 0. The molecule has 1 aliphatic rings. The van der Waals surface area contributed by atoms with Crippen molar-refractivity contribution < 1.29 is 9.59 Å². The summed E-state index contributed by atoms with van der Waals surface area (Å²) in [4.78, 5) is 38.3. The van der Waals surface area contributed by atoms with Crippen LogP contribution in [0.25, 0.3) is 11.0 Å². The number of rotatable bonds is 6. The molecule has 7 nitrogen and oxygen atoms in total. The van der Waals surface area contributed by atoms with Crippen LogP contribution in [0.5, 0.6) is 0 Å². The normalized spacial score (nSPS) is 14.5. The van der Waals surface area contributed by atoms with Crippen molar-refractivity contribution in [3.05, 3.63) is 60.2 Å². The highest BCUT2D eigenvalue weighted by atomic mass is 16.2. The highest BCUT2D eigenvalue weighted by Gasteiger charge is 2.24. The molecule has 2 heterocycles. The van der Waals surface area contributed by atoms with Gasteiger partial charge in [-0.05, 0) is 37.1 Å².